The summed E-state index contributed by atoms with van der Waals surface area (Å²) in [4.78, 5) is 6.87. The summed E-state index contributed by atoms with van der Waals surface area (Å²) in [7, 11) is 1.69. The Morgan fingerprint density at radius 3 is 2.46 bits per heavy atom. The first-order valence-corrected chi connectivity index (χ1v) is 12.3. The van der Waals surface area contributed by atoms with E-state index < -0.39 is 0 Å². The molecule has 2 aromatic heterocycles. The number of thiocarbonyl (C=S) groups is 1. The van der Waals surface area contributed by atoms with Gasteiger partial charge in [0, 0.05) is 33.9 Å². The monoisotopic (exact) mass is 502 g/mol. The van der Waals surface area contributed by atoms with Crippen molar-refractivity contribution in [2.75, 3.05) is 12.0 Å². The lowest BCUT2D eigenvalue weighted by Crippen LogP contribution is -2.30. The molecule has 1 aliphatic heterocycles. The van der Waals surface area contributed by atoms with E-state index in [0.717, 1.165) is 34.2 Å². The van der Waals surface area contributed by atoms with Gasteiger partial charge in [0.1, 0.15) is 5.75 Å². The molecule has 3 heterocycles. The van der Waals surface area contributed by atoms with Crippen LogP contribution in [0.2, 0.25) is 5.02 Å². The number of hydrogen-bond donors (Lipinski definition) is 1. The molecule has 2 aromatic carbocycles. The van der Waals surface area contributed by atoms with E-state index in [9.17, 15) is 0 Å². The number of halogens is 1. The van der Waals surface area contributed by atoms with Crippen LogP contribution in [-0.4, -0.2) is 21.8 Å². The van der Waals surface area contributed by atoms with Crippen molar-refractivity contribution in [2.45, 2.75) is 32.9 Å². The third kappa shape index (κ3) is 3.97. The molecule has 0 unspecified atom stereocenters. The maximum absolute atomic E-state index is 6.36. The molecule has 0 spiro atoms. The largest absolute Gasteiger partial charge is 0.495 e. The molecule has 0 radical (unpaired) electrons. The summed E-state index contributed by atoms with van der Waals surface area (Å²) in [6.07, 6.45) is 1.82. The minimum Gasteiger partial charge on any atom is -0.495 e. The number of nitrogens with one attached hydrogen (secondary N) is 1. The van der Waals surface area contributed by atoms with Crippen molar-refractivity contribution < 1.29 is 4.74 Å². The highest BCUT2D eigenvalue weighted by atomic mass is 35.5. The van der Waals surface area contributed by atoms with E-state index in [2.05, 4.69) is 41.6 Å². The lowest BCUT2D eigenvalue weighted by molar-refractivity contribution is 0.414. The molecule has 0 saturated carbocycles. The molecule has 178 valence electrons. The second-order valence-electron chi connectivity index (χ2n) is 8.69. The Morgan fingerprint density at radius 2 is 1.74 bits per heavy atom. The lowest BCUT2D eigenvalue weighted by Gasteiger charge is -2.30. The number of hydrogen-bond acceptors (Lipinski definition) is 3. The van der Waals surface area contributed by atoms with E-state index in [1.807, 2.05) is 66.9 Å². The predicted molar refractivity (Wildman–Crippen MR) is 146 cm³/mol. The Balaban J connectivity index is 1.75. The first-order chi connectivity index (χ1) is 16.9. The van der Waals surface area contributed by atoms with E-state index in [1.165, 1.54) is 11.1 Å². The van der Waals surface area contributed by atoms with Crippen LogP contribution in [0.5, 0.6) is 5.75 Å². The van der Waals surface area contributed by atoms with Gasteiger partial charge in [-0.15, -0.1) is 0 Å². The van der Waals surface area contributed by atoms with E-state index in [1.54, 1.807) is 7.11 Å². The number of para-hydroxylation sites is 2. The Bertz CT molecular complexity index is 1400. The van der Waals surface area contributed by atoms with Crippen LogP contribution < -0.4 is 15.0 Å². The average molecular weight is 503 g/mol. The number of benzene rings is 2. The van der Waals surface area contributed by atoms with E-state index in [0.29, 0.717) is 10.1 Å². The molecule has 0 bridgehead atoms. The first kappa shape index (κ1) is 23.4. The van der Waals surface area contributed by atoms with Gasteiger partial charge in [0.25, 0.3) is 0 Å². The summed E-state index contributed by atoms with van der Waals surface area (Å²) in [5, 5.41) is 4.91. The smallest absolute Gasteiger partial charge is 0.174 e. The molecule has 7 heteroatoms. The second-order valence-corrected chi connectivity index (χ2v) is 9.52. The fraction of sp³-hybridized carbons (Fsp3) is 0.214. The summed E-state index contributed by atoms with van der Waals surface area (Å²) in [6, 6.07) is 21.7. The molecule has 1 saturated heterocycles. The zero-order valence-electron chi connectivity index (χ0n) is 20.1. The molecule has 0 amide bonds. The number of nitrogens with zero attached hydrogens (tertiary/aromatic N) is 3. The van der Waals surface area contributed by atoms with Crippen LogP contribution in [0.1, 0.15) is 40.3 Å². The number of ether oxygens (including phenoxy) is 1. The molecule has 35 heavy (non-hydrogen) atoms. The minimum absolute atomic E-state index is 0.132. The van der Waals surface area contributed by atoms with Gasteiger partial charge in [-0.1, -0.05) is 35.9 Å². The van der Waals surface area contributed by atoms with Crippen molar-refractivity contribution >= 4 is 34.6 Å². The van der Waals surface area contributed by atoms with Gasteiger partial charge in [-0.2, -0.15) is 0 Å². The third-order valence-electron chi connectivity index (χ3n) is 6.81. The highest BCUT2D eigenvalue weighted by Gasteiger charge is 2.44. The number of rotatable bonds is 5. The van der Waals surface area contributed by atoms with Crippen LogP contribution in [0.3, 0.4) is 0 Å². The van der Waals surface area contributed by atoms with E-state index in [4.69, 9.17) is 33.5 Å². The highest BCUT2D eigenvalue weighted by molar-refractivity contribution is 7.80. The minimum atomic E-state index is -0.138. The van der Waals surface area contributed by atoms with Gasteiger partial charge in [0.15, 0.2) is 5.11 Å². The van der Waals surface area contributed by atoms with Gasteiger partial charge in [-0.05, 0) is 81.0 Å². The number of anilines is 1. The van der Waals surface area contributed by atoms with Crippen LogP contribution in [0.15, 0.2) is 72.9 Å². The molecule has 1 aliphatic rings. The fourth-order valence-corrected chi connectivity index (χ4v) is 5.70. The van der Waals surface area contributed by atoms with Crippen LogP contribution in [0, 0.1) is 20.8 Å². The standard InChI is InChI=1S/C28H27ClN4OS/c1-17-18(2)32(21-11-9-10-20(29)16-21)19(3)25(17)27-26(22-12-7-8-15-30-22)31-28(35)33(27)23-13-5-6-14-24(23)34-4/h5-16,26-27H,1-4H3,(H,31,35)/t26-,27+/m1/s1. The summed E-state index contributed by atoms with van der Waals surface area (Å²) >= 11 is 12.3. The van der Waals surface area contributed by atoms with Gasteiger partial charge in [0.05, 0.1) is 30.6 Å². The molecule has 2 atom stereocenters. The molecular weight excluding hydrogens is 476 g/mol. The molecule has 5 nitrogen and oxygen atoms in total. The van der Waals surface area contributed by atoms with Crippen molar-refractivity contribution in [3.8, 4) is 11.4 Å². The van der Waals surface area contributed by atoms with Crippen molar-refractivity contribution in [3.05, 3.63) is 106 Å². The van der Waals surface area contributed by atoms with Crippen LogP contribution >= 0.6 is 23.8 Å². The predicted octanol–water partition coefficient (Wildman–Crippen LogP) is 6.64. The number of methoxy groups -OCH3 is 1. The van der Waals surface area contributed by atoms with Crippen LogP contribution in [-0.2, 0) is 0 Å². The normalized spacial score (nSPS) is 17.5. The maximum Gasteiger partial charge on any atom is 0.174 e. The molecular formula is C28H27ClN4OS. The number of pyridine rings is 1. The van der Waals surface area contributed by atoms with Gasteiger partial charge in [-0.25, -0.2) is 0 Å². The second kappa shape index (κ2) is 9.36. The van der Waals surface area contributed by atoms with Gasteiger partial charge in [0.2, 0.25) is 0 Å². The lowest BCUT2D eigenvalue weighted by atomic mass is 9.93. The van der Waals surface area contributed by atoms with Crippen LogP contribution in [0.4, 0.5) is 5.69 Å². The molecule has 1 N–H and O–H groups in total. The zero-order chi connectivity index (χ0) is 24.7. The number of aromatic nitrogens is 2. The van der Waals surface area contributed by atoms with Crippen molar-refractivity contribution in [3.63, 3.8) is 0 Å². The summed E-state index contributed by atoms with van der Waals surface area (Å²) in [5.74, 6) is 0.768. The average Bonchev–Trinajstić information content (AvgIpc) is 3.31. The molecule has 0 aliphatic carbocycles. The third-order valence-corrected chi connectivity index (χ3v) is 7.36. The first-order valence-electron chi connectivity index (χ1n) is 11.5. The van der Waals surface area contributed by atoms with Crippen molar-refractivity contribution in [1.29, 1.82) is 0 Å². The summed E-state index contributed by atoms with van der Waals surface area (Å²) in [6.45, 7) is 6.49. The van der Waals surface area contributed by atoms with Crippen LogP contribution in [0.25, 0.3) is 5.69 Å². The van der Waals surface area contributed by atoms with Crippen molar-refractivity contribution in [2.24, 2.45) is 0 Å². The maximum atomic E-state index is 6.36. The van der Waals surface area contributed by atoms with E-state index in [-0.39, 0.29) is 12.1 Å². The zero-order valence-corrected chi connectivity index (χ0v) is 21.7. The summed E-state index contributed by atoms with van der Waals surface area (Å²) in [5.41, 5.74) is 7.61. The molecule has 5 rings (SSSR count). The highest BCUT2D eigenvalue weighted by Crippen LogP contribution is 2.47. The topological polar surface area (TPSA) is 42.3 Å². The van der Waals surface area contributed by atoms with E-state index >= 15 is 0 Å². The Morgan fingerprint density at radius 1 is 0.971 bits per heavy atom. The quantitative estimate of drug-likeness (QED) is 0.310. The van der Waals surface area contributed by atoms with Crippen molar-refractivity contribution in [1.82, 2.24) is 14.9 Å². The SMILES string of the molecule is COc1ccccc1N1C(=S)N[C@H](c2ccccn2)[C@@H]1c1c(C)c(C)n(-c2cccc(Cl)c2)c1C. The Hall–Kier alpha value is -3.35. The fourth-order valence-electron chi connectivity index (χ4n) is 5.18. The Labute approximate surface area is 216 Å². The van der Waals surface area contributed by atoms with Gasteiger partial charge < -0.3 is 19.5 Å². The Kier molecular flexibility index (Phi) is 6.26. The van der Waals surface area contributed by atoms with Gasteiger partial charge >= 0.3 is 0 Å². The summed E-state index contributed by atoms with van der Waals surface area (Å²) < 4.78 is 8.01. The molecule has 4 aromatic rings. The molecule has 1 fully saturated rings. The van der Waals surface area contributed by atoms with Gasteiger partial charge in [-0.3, -0.25) is 4.98 Å².